The number of anilines is 1. The van der Waals surface area contributed by atoms with Crippen LogP contribution in [0, 0.1) is 0 Å². The summed E-state index contributed by atoms with van der Waals surface area (Å²) < 4.78 is 5.26. The number of para-hydroxylation sites is 1. The number of benzene rings is 2. The van der Waals surface area contributed by atoms with Crippen molar-refractivity contribution in [1.29, 1.82) is 0 Å². The number of piperidine rings is 1. The lowest BCUT2D eigenvalue weighted by Crippen LogP contribution is -2.58. The maximum atomic E-state index is 14.3. The van der Waals surface area contributed by atoms with Crippen LogP contribution >= 0.6 is 0 Å². The minimum Gasteiger partial charge on any atom is -0.408 e. The molecule has 238 valence electrons. The molecular formula is C33H36N8O5. The molecule has 2 saturated heterocycles. The number of likely N-dealkylation sites (tertiary alicyclic amines) is 1. The lowest BCUT2D eigenvalue weighted by molar-refractivity contribution is -0.136. The Labute approximate surface area is 264 Å². The van der Waals surface area contributed by atoms with E-state index in [4.69, 9.17) is 4.42 Å². The number of H-pyrrole nitrogens is 1. The first kappa shape index (κ1) is 29.5. The Morgan fingerprint density at radius 2 is 1.83 bits per heavy atom. The van der Waals surface area contributed by atoms with Crippen LogP contribution in [0.15, 0.2) is 76.2 Å². The quantitative estimate of drug-likeness (QED) is 0.257. The number of amides is 5. The molecule has 0 bridgehead atoms. The summed E-state index contributed by atoms with van der Waals surface area (Å²) in [5.74, 6) is -0.741. The van der Waals surface area contributed by atoms with E-state index >= 15 is 0 Å². The molecule has 2 aromatic carbocycles. The van der Waals surface area contributed by atoms with Gasteiger partial charge in [0.15, 0.2) is 5.58 Å². The first-order valence-electron chi connectivity index (χ1n) is 15.7. The van der Waals surface area contributed by atoms with Crippen LogP contribution in [0.1, 0.15) is 35.6 Å². The largest absolute Gasteiger partial charge is 0.417 e. The molecule has 46 heavy (non-hydrogen) atoms. The summed E-state index contributed by atoms with van der Waals surface area (Å²) in [5, 5.41) is 9.40. The second-order valence-electron chi connectivity index (χ2n) is 12.0. The summed E-state index contributed by atoms with van der Waals surface area (Å²) in [6.45, 7) is 3.14. The number of pyridine rings is 1. The van der Waals surface area contributed by atoms with Crippen molar-refractivity contribution in [2.45, 2.75) is 43.9 Å². The fourth-order valence-corrected chi connectivity index (χ4v) is 6.74. The Bertz CT molecular complexity index is 1800. The third-order valence-corrected chi connectivity index (χ3v) is 9.19. The van der Waals surface area contributed by atoms with Crippen LogP contribution in [0.2, 0.25) is 0 Å². The van der Waals surface area contributed by atoms with Gasteiger partial charge >= 0.3 is 17.8 Å². The molecule has 0 aliphatic carbocycles. The molecular weight excluding hydrogens is 588 g/mol. The maximum absolute atomic E-state index is 14.3. The van der Waals surface area contributed by atoms with E-state index in [0.717, 1.165) is 22.4 Å². The third-order valence-electron chi connectivity index (χ3n) is 9.19. The molecule has 5 heterocycles. The molecule has 7 rings (SSSR count). The number of aromatic amines is 1. The van der Waals surface area contributed by atoms with Gasteiger partial charge in [-0.3, -0.25) is 14.8 Å². The number of fused-ring (bicyclic) bond motifs is 2. The summed E-state index contributed by atoms with van der Waals surface area (Å²) in [7, 11) is 0. The van der Waals surface area contributed by atoms with E-state index in [9.17, 15) is 19.2 Å². The summed E-state index contributed by atoms with van der Waals surface area (Å²) in [6, 6.07) is 15.4. The number of rotatable bonds is 6. The number of nitrogens with one attached hydrogen (secondary N) is 4. The number of urea groups is 2. The fraction of sp³-hybridized carbons (Fsp3) is 0.364. The highest BCUT2D eigenvalue weighted by Crippen LogP contribution is 2.28. The second-order valence-corrected chi connectivity index (χ2v) is 12.0. The van der Waals surface area contributed by atoms with Gasteiger partial charge in [0.2, 0.25) is 5.91 Å². The van der Waals surface area contributed by atoms with E-state index in [1.807, 2.05) is 52.3 Å². The molecule has 13 heteroatoms. The van der Waals surface area contributed by atoms with Crippen LogP contribution in [-0.4, -0.2) is 87.4 Å². The van der Waals surface area contributed by atoms with Gasteiger partial charge in [0, 0.05) is 69.8 Å². The molecule has 2 atom stereocenters. The van der Waals surface area contributed by atoms with Gasteiger partial charge in [0.1, 0.15) is 6.04 Å². The standard InChI is InChI=1S/C33H36N8O5/c42-30(40-16-13-35-19-28(40)22-7-11-34-12-8-22)27(17-21-5-6-26-29(18-21)46-33(45)38-26)37-31(43)39-14-9-24(10-15-39)41-20-23-3-1-2-4-25(23)36-32(41)44/h1-8,11-12,18,24,27-28,35H,9-10,13-17,19-20H2,(H,36,44)(H,37,43)(H,38,45). The number of nitrogens with zero attached hydrogens (tertiary/aromatic N) is 4. The normalized spacial score (nSPS) is 19.4. The molecule has 3 aliphatic heterocycles. The molecule has 5 amide bonds. The molecule has 13 nitrogen and oxygen atoms in total. The molecule has 0 radical (unpaired) electrons. The Balaban J connectivity index is 1.07. The molecule has 0 spiro atoms. The van der Waals surface area contributed by atoms with Crippen LogP contribution < -0.4 is 21.7 Å². The summed E-state index contributed by atoms with van der Waals surface area (Å²) in [4.78, 5) is 64.8. The van der Waals surface area contributed by atoms with Crippen molar-refractivity contribution in [2.24, 2.45) is 0 Å². The maximum Gasteiger partial charge on any atom is 0.417 e. The Morgan fingerprint density at radius 3 is 2.65 bits per heavy atom. The number of piperazine rings is 1. The van der Waals surface area contributed by atoms with Gasteiger partial charge in [-0.1, -0.05) is 24.3 Å². The highest BCUT2D eigenvalue weighted by molar-refractivity contribution is 5.92. The van der Waals surface area contributed by atoms with Crippen LogP contribution in [0.5, 0.6) is 0 Å². The number of oxazole rings is 1. The first-order valence-corrected chi connectivity index (χ1v) is 15.7. The SMILES string of the molecule is O=C(NC(Cc1ccc2[nH]c(=O)oc2c1)C(=O)N1CCNCC1c1ccncc1)N1CCC(N2Cc3ccccc3NC2=O)CC1. The highest BCUT2D eigenvalue weighted by atomic mass is 16.4. The second kappa shape index (κ2) is 12.7. The van der Waals surface area contributed by atoms with E-state index in [1.165, 1.54) is 0 Å². The minimum absolute atomic E-state index is 0.000427. The zero-order chi connectivity index (χ0) is 31.6. The summed E-state index contributed by atoms with van der Waals surface area (Å²) in [6.07, 6.45) is 4.90. The van der Waals surface area contributed by atoms with Gasteiger partial charge in [-0.25, -0.2) is 14.4 Å². The number of hydrogen-bond donors (Lipinski definition) is 4. The van der Waals surface area contributed by atoms with E-state index in [-0.39, 0.29) is 36.5 Å². The number of hydrogen-bond acceptors (Lipinski definition) is 7. The summed E-state index contributed by atoms with van der Waals surface area (Å²) in [5.41, 5.74) is 4.57. The Hall–Kier alpha value is -5.17. The molecule has 0 saturated carbocycles. The fourth-order valence-electron chi connectivity index (χ4n) is 6.74. The monoisotopic (exact) mass is 624 g/mol. The lowest BCUT2D eigenvalue weighted by Gasteiger charge is -2.41. The van der Waals surface area contributed by atoms with E-state index in [2.05, 4.69) is 25.9 Å². The van der Waals surface area contributed by atoms with Crippen molar-refractivity contribution in [3.05, 3.63) is 94.2 Å². The number of carbonyl (C=O) groups is 3. The van der Waals surface area contributed by atoms with Crippen molar-refractivity contribution < 1.29 is 18.8 Å². The van der Waals surface area contributed by atoms with Crippen LogP contribution in [0.3, 0.4) is 0 Å². The predicted octanol–water partition coefficient (Wildman–Crippen LogP) is 2.82. The van der Waals surface area contributed by atoms with Gasteiger partial charge < -0.3 is 35.1 Å². The molecule has 2 fully saturated rings. The third kappa shape index (κ3) is 6.05. The first-order chi connectivity index (χ1) is 22.4. The topological polar surface area (TPSA) is 156 Å². The molecule has 2 aromatic heterocycles. The van der Waals surface area contributed by atoms with Crippen molar-refractivity contribution in [3.63, 3.8) is 0 Å². The highest BCUT2D eigenvalue weighted by Gasteiger charge is 2.36. The molecule has 2 unspecified atom stereocenters. The van der Waals surface area contributed by atoms with Crippen molar-refractivity contribution in [2.75, 3.05) is 38.0 Å². The Morgan fingerprint density at radius 1 is 1.02 bits per heavy atom. The van der Waals surface area contributed by atoms with Crippen molar-refractivity contribution in [1.82, 2.24) is 35.3 Å². The number of aromatic nitrogens is 2. The minimum atomic E-state index is -0.861. The van der Waals surface area contributed by atoms with Gasteiger partial charge in [-0.05, 0) is 59.9 Å². The Kier molecular flexibility index (Phi) is 8.14. The van der Waals surface area contributed by atoms with Gasteiger partial charge in [0.25, 0.3) is 0 Å². The smallest absolute Gasteiger partial charge is 0.408 e. The average molecular weight is 625 g/mol. The molecule has 3 aliphatic rings. The van der Waals surface area contributed by atoms with Gasteiger partial charge in [-0.2, -0.15) is 0 Å². The summed E-state index contributed by atoms with van der Waals surface area (Å²) >= 11 is 0. The van der Waals surface area contributed by atoms with Gasteiger partial charge in [0.05, 0.1) is 11.6 Å². The lowest BCUT2D eigenvalue weighted by atomic mass is 9.99. The van der Waals surface area contributed by atoms with E-state index in [0.29, 0.717) is 63.2 Å². The van der Waals surface area contributed by atoms with E-state index < -0.39 is 11.8 Å². The van der Waals surface area contributed by atoms with Crippen molar-refractivity contribution in [3.8, 4) is 0 Å². The zero-order valence-corrected chi connectivity index (χ0v) is 25.3. The zero-order valence-electron chi connectivity index (χ0n) is 25.3. The van der Waals surface area contributed by atoms with Crippen LogP contribution in [0.25, 0.3) is 11.1 Å². The van der Waals surface area contributed by atoms with Crippen LogP contribution in [-0.2, 0) is 17.8 Å². The van der Waals surface area contributed by atoms with Gasteiger partial charge in [-0.15, -0.1) is 0 Å². The van der Waals surface area contributed by atoms with Crippen molar-refractivity contribution >= 4 is 34.8 Å². The predicted molar refractivity (Wildman–Crippen MR) is 170 cm³/mol. The van der Waals surface area contributed by atoms with Crippen LogP contribution in [0.4, 0.5) is 15.3 Å². The van der Waals surface area contributed by atoms with E-state index in [1.54, 1.807) is 29.4 Å². The average Bonchev–Trinajstić information content (AvgIpc) is 3.47. The molecule has 4 aromatic rings. The molecule has 4 N–H and O–H groups in total. The number of carbonyl (C=O) groups excluding carboxylic acids is 3.